The average molecular weight is 148 g/mol. The lowest BCUT2D eigenvalue weighted by Crippen LogP contribution is -2.14. The van der Waals surface area contributed by atoms with Crippen LogP contribution in [-0.4, -0.2) is 6.29 Å². The summed E-state index contributed by atoms with van der Waals surface area (Å²) < 4.78 is 0. The molecule has 0 aromatic carbocycles. The quantitative estimate of drug-likeness (QED) is 0.520. The highest BCUT2D eigenvalue weighted by atomic mass is 16.1. The Morgan fingerprint density at radius 1 is 1.55 bits per heavy atom. The highest BCUT2D eigenvalue weighted by molar-refractivity contribution is 5.59. The molecule has 0 N–H and O–H groups in total. The molecule has 1 nitrogen and oxygen atoms in total. The summed E-state index contributed by atoms with van der Waals surface area (Å²) >= 11 is 0. The van der Waals surface area contributed by atoms with Crippen LogP contribution < -0.4 is 0 Å². The Labute approximate surface area is 66.8 Å². The number of hydrogen-bond acceptors (Lipinski definition) is 1. The molecule has 2 unspecified atom stereocenters. The van der Waals surface area contributed by atoms with Crippen molar-refractivity contribution in [2.75, 3.05) is 0 Å². The second kappa shape index (κ2) is 2.65. The number of carbonyl (C=O) groups excluding carboxylic acids is 1. The van der Waals surface area contributed by atoms with Crippen molar-refractivity contribution in [3.05, 3.63) is 23.8 Å². The number of rotatable bonds is 1. The largest absolute Gasteiger partial charge is 0.303 e. The van der Waals surface area contributed by atoms with Crippen LogP contribution in [0.15, 0.2) is 23.8 Å². The van der Waals surface area contributed by atoms with Crippen LogP contribution in [-0.2, 0) is 4.79 Å². The van der Waals surface area contributed by atoms with Crippen molar-refractivity contribution in [2.24, 2.45) is 11.8 Å². The lowest BCUT2D eigenvalue weighted by Gasteiger charge is -2.18. The number of hydrogen-bond donors (Lipinski definition) is 0. The maximum atomic E-state index is 10.6. The molecule has 0 aromatic heterocycles. The smallest absolute Gasteiger partial charge is 0.127 e. The maximum absolute atomic E-state index is 10.6. The summed E-state index contributed by atoms with van der Waals surface area (Å²) in [6.45, 7) is 0. The van der Waals surface area contributed by atoms with Crippen LogP contribution in [0.3, 0.4) is 0 Å². The van der Waals surface area contributed by atoms with Gasteiger partial charge in [-0.1, -0.05) is 23.8 Å². The van der Waals surface area contributed by atoms with Crippen molar-refractivity contribution in [3.8, 4) is 0 Å². The molecule has 11 heavy (non-hydrogen) atoms. The van der Waals surface area contributed by atoms with Gasteiger partial charge in [0.1, 0.15) is 6.29 Å². The van der Waals surface area contributed by atoms with Crippen molar-refractivity contribution >= 4 is 6.29 Å². The molecular formula is C10H12O. The predicted molar refractivity (Wildman–Crippen MR) is 44.1 cm³/mol. The molecule has 0 bridgehead atoms. The number of aldehydes is 1. The lowest BCUT2D eigenvalue weighted by molar-refractivity contribution is -0.110. The molecule has 2 aliphatic rings. The number of fused-ring (bicyclic) bond motifs is 1. The SMILES string of the molecule is O=CC1C=CC=C2CCCC21. The fraction of sp³-hybridized carbons (Fsp3) is 0.500. The van der Waals surface area contributed by atoms with E-state index in [1.54, 1.807) is 0 Å². The molecule has 0 aliphatic heterocycles. The first kappa shape index (κ1) is 6.84. The molecule has 0 heterocycles. The number of carbonyl (C=O) groups is 1. The summed E-state index contributed by atoms with van der Waals surface area (Å²) in [5.41, 5.74) is 1.49. The summed E-state index contributed by atoms with van der Waals surface area (Å²) in [4.78, 5) is 10.6. The van der Waals surface area contributed by atoms with Crippen molar-refractivity contribution in [3.63, 3.8) is 0 Å². The van der Waals surface area contributed by atoms with Gasteiger partial charge >= 0.3 is 0 Å². The van der Waals surface area contributed by atoms with E-state index < -0.39 is 0 Å². The minimum Gasteiger partial charge on any atom is -0.303 e. The molecule has 2 atom stereocenters. The van der Waals surface area contributed by atoms with Crippen molar-refractivity contribution in [2.45, 2.75) is 19.3 Å². The van der Waals surface area contributed by atoms with Crippen LogP contribution in [0.5, 0.6) is 0 Å². The van der Waals surface area contributed by atoms with E-state index in [9.17, 15) is 4.79 Å². The standard InChI is InChI=1S/C10H12O/c11-7-9-5-1-3-8-4-2-6-10(8)9/h1,3,5,7,9-10H,2,4,6H2. The summed E-state index contributed by atoms with van der Waals surface area (Å²) in [7, 11) is 0. The molecule has 2 aliphatic carbocycles. The van der Waals surface area contributed by atoms with Gasteiger partial charge in [-0.3, -0.25) is 0 Å². The Bertz CT molecular complexity index is 225. The van der Waals surface area contributed by atoms with Gasteiger partial charge in [-0.05, 0) is 25.2 Å². The lowest BCUT2D eigenvalue weighted by atomic mass is 9.85. The Morgan fingerprint density at radius 2 is 2.45 bits per heavy atom. The van der Waals surface area contributed by atoms with Gasteiger partial charge in [-0.2, -0.15) is 0 Å². The zero-order valence-corrected chi connectivity index (χ0v) is 6.49. The van der Waals surface area contributed by atoms with Gasteiger partial charge in [0.25, 0.3) is 0 Å². The molecule has 0 radical (unpaired) electrons. The van der Waals surface area contributed by atoms with E-state index >= 15 is 0 Å². The van der Waals surface area contributed by atoms with E-state index in [4.69, 9.17) is 0 Å². The monoisotopic (exact) mass is 148 g/mol. The highest BCUT2D eigenvalue weighted by Crippen LogP contribution is 2.38. The molecule has 58 valence electrons. The van der Waals surface area contributed by atoms with Crippen LogP contribution in [0.1, 0.15) is 19.3 Å². The Morgan fingerprint density at radius 3 is 3.27 bits per heavy atom. The van der Waals surface area contributed by atoms with Crippen molar-refractivity contribution in [1.29, 1.82) is 0 Å². The highest BCUT2D eigenvalue weighted by Gasteiger charge is 2.28. The molecule has 1 fully saturated rings. The van der Waals surface area contributed by atoms with E-state index in [0.717, 1.165) is 6.29 Å². The first-order chi connectivity index (χ1) is 5.42. The predicted octanol–water partition coefficient (Wildman–Crippen LogP) is 2.10. The van der Waals surface area contributed by atoms with E-state index in [-0.39, 0.29) is 5.92 Å². The normalized spacial score (nSPS) is 34.7. The molecule has 0 spiro atoms. The third-order valence-corrected chi connectivity index (χ3v) is 2.72. The Kier molecular flexibility index (Phi) is 1.65. The molecule has 1 heteroatoms. The van der Waals surface area contributed by atoms with Gasteiger partial charge in [0.15, 0.2) is 0 Å². The molecule has 1 saturated carbocycles. The molecule has 0 aromatic rings. The zero-order valence-electron chi connectivity index (χ0n) is 6.49. The van der Waals surface area contributed by atoms with E-state index in [1.165, 1.54) is 24.8 Å². The van der Waals surface area contributed by atoms with Crippen LogP contribution in [0, 0.1) is 11.8 Å². The van der Waals surface area contributed by atoms with Crippen LogP contribution in [0.2, 0.25) is 0 Å². The molecule has 2 rings (SSSR count). The Balaban J connectivity index is 2.24. The van der Waals surface area contributed by atoms with Gasteiger partial charge in [0.05, 0.1) is 0 Å². The van der Waals surface area contributed by atoms with Gasteiger partial charge in [0.2, 0.25) is 0 Å². The first-order valence-electron chi connectivity index (χ1n) is 4.24. The average Bonchev–Trinajstić information content (AvgIpc) is 2.50. The molecular weight excluding hydrogens is 136 g/mol. The van der Waals surface area contributed by atoms with Gasteiger partial charge in [-0.15, -0.1) is 0 Å². The third kappa shape index (κ3) is 1.05. The van der Waals surface area contributed by atoms with E-state index in [1.807, 2.05) is 12.2 Å². The fourth-order valence-corrected chi connectivity index (χ4v) is 2.13. The zero-order chi connectivity index (χ0) is 7.68. The summed E-state index contributed by atoms with van der Waals surface area (Å²) in [6.07, 6.45) is 11.0. The fourth-order valence-electron chi connectivity index (χ4n) is 2.13. The first-order valence-corrected chi connectivity index (χ1v) is 4.24. The van der Waals surface area contributed by atoms with Crippen molar-refractivity contribution in [1.82, 2.24) is 0 Å². The summed E-state index contributed by atoms with van der Waals surface area (Å²) in [5.74, 6) is 0.731. The van der Waals surface area contributed by atoms with Gasteiger partial charge in [-0.25, -0.2) is 0 Å². The van der Waals surface area contributed by atoms with E-state index in [0.29, 0.717) is 5.92 Å². The van der Waals surface area contributed by atoms with Crippen LogP contribution >= 0.6 is 0 Å². The molecule has 0 saturated heterocycles. The van der Waals surface area contributed by atoms with E-state index in [2.05, 4.69) is 6.08 Å². The minimum absolute atomic E-state index is 0.178. The maximum Gasteiger partial charge on any atom is 0.127 e. The van der Waals surface area contributed by atoms with Gasteiger partial charge < -0.3 is 4.79 Å². The number of allylic oxidation sites excluding steroid dienone is 4. The van der Waals surface area contributed by atoms with Crippen molar-refractivity contribution < 1.29 is 4.79 Å². The second-order valence-electron chi connectivity index (χ2n) is 3.34. The second-order valence-corrected chi connectivity index (χ2v) is 3.34. The third-order valence-electron chi connectivity index (χ3n) is 2.72. The Hall–Kier alpha value is -0.850. The minimum atomic E-state index is 0.178. The topological polar surface area (TPSA) is 17.1 Å². The summed E-state index contributed by atoms with van der Waals surface area (Å²) in [5, 5.41) is 0. The summed E-state index contributed by atoms with van der Waals surface area (Å²) in [6, 6.07) is 0. The van der Waals surface area contributed by atoms with Gasteiger partial charge in [0, 0.05) is 5.92 Å². The van der Waals surface area contributed by atoms with Crippen LogP contribution in [0.25, 0.3) is 0 Å². The van der Waals surface area contributed by atoms with Crippen LogP contribution in [0.4, 0.5) is 0 Å². The molecule has 0 amide bonds.